The molecule has 1 aromatic heterocycles. The molecule has 174 valence electrons. The molecule has 3 aromatic rings. The second-order valence-corrected chi connectivity index (χ2v) is 6.65. The highest BCUT2D eigenvalue weighted by Crippen LogP contribution is 2.38. The molecule has 1 atom stereocenters. The minimum absolute atomic E-state index is 0.0104. The Kier molecular flexibility index (Phi) is 6.61. The third-order valence-electron chi connectivity index (χ3n) is 4.42. The largest absolute Gasteiger partial charge is 0.479 e. The zero-order valence-corrected chi connectivity index (χ0v) is 17.5. The Balaban J connectivity index is 2.05. The summed E-state index contributed by atoms with van der Waals surface area (Å²) in [6.07, 6.45) is -6.11. The van der Waals surface area contributed by atoms with Gasteiger partial charge in [-0.2, -0.15) is 13.2 Å². The molecular weight excluding hydrogens is 449 g/mol. The zero-order chi connectivity index (χ0) is 24.3. The van der Waals surface area contributed by atoms with Crippen molar-refractivity contribution in [2.24, 2.45) is 0 Å². The molecule has 0 aliphatic heterocycles. The van der Waals surface area contributed by atoms with Crippen LogP contribution in [0.3, 0.4) is 0 Å². The summed E-state index contributed by atoms with van der Waals surface area (Å²) in [7, 11) is 2.33. The number of benzene rings is 2. The van der Waals surface area contributed by atoms with Crippen LogP contribution in [0.25, 0.3) is 11.0 Å². The van der Waals surface area contributed by atoms with Crippen LogP contribution in [0.4, 0.5) is 13.2 Å². The fourth-order valence-electron chi connectivity index (χ4n) is 2.82. The van der Waals surface area contributed by atoms with Crippen molar-refractivity contribution in [2.75, 3.05) is 14.2 Å². The number of halogens is 3. The smallest absolute Gasteiger partial charge is 0.453 e. The molecule has 11 heteroatoms. The van der Waals surface area contributed by atoms with Gasteiger partial charge in [0.2, 0.25) is 11.2 Å². The van der Waals surface area contributed by atoms with E-state index in [4.69, 9.17) is 13.9 Å². The first-order valence-electron chi connectivity index (χ1n) is 9.34. The molecule has 8 nitrogen and oxygen atoms in total. The number of fused-ring (bicyclic) bond motifs is 1. The molecule has 0 radical (unpaired) electrons. The number of alkyl halides is 3. The van der Waals surface area contributed by atoms with E-state index in [1.165, 1.54) is 50.4 Å². The van der Waals surface area contributed by atoms with E-state index in [1.54, 1.807) is 0 Å². The third kappa shape index (κ3) is 5.08. The number of rotatable bonds is 6. The Morgan fingerprint density at radius 1 is 0.970 bits per heavy atom. The van der Waals surface area contributed by atoms with E-state index in [9.17, 15) is 27.6 Å². The van der Waals surface area contributed by atoms with E-state index in [1.807, 2.05) is 0 Å². The van der Waals surface area contributed by atoms with Crippen molar-refractivity contribution in [3.8, 4) is 17.2 Å². The molecule has 1 unspecified atom stereocenters. The van der Waals surface area contributed by atoms with Crippen LogP contribution in [0.1, 0.15) is 23.0 Å². The lowest BCUT2D eigenvalue weighted by Crippen LogP contribution is -2.24. The highest BCUT2D eigenvalue weighted by atomic mass is 19.4. The summed E-state index contributed by atoms with van der Waals surface area (Å²) in [6.45, 7) is 1.38. The SMILES string of the molecule is COC(=O)c1ccc(Oc2c(C(F)(F)F)oc3cc(OC(C)C(=O)OC)ccc3c2=O)cc1. The molecule has 0 aliphatic carbocycles. The average molecular weight is 466 g/mol. The molecule has 3 rings (SSSR count). The highest BCUT2D eigenvalue weighted by Gasteiger charge is 2.40. The van der Waals surface area contributed by atoms with Gasteiger partial charge in [-0.1, -0.05) is 0 Å². The molecule has 33 heavy (non-hydrogen) atoms. The van der Waals surface area contributed by atoms with Gasteiger partial charge in [0.25, 0.3) is 5.76 Å². The van der Waals surface area contributed by atoms with E-state index >= 15 is 0 Å². The number of carbonyl (C=O) groups is 2. The van der Waals surface area contributed by atoms with Crippen LogP contribution < -0.4 is 14.9 Å². The van der Waals surface area contributed by atoms with Crippen LogP contribution in [0.15, 0.2) is 51.7 Å². The molecule has 0 N–H and O–H groups in total. The van der Waals surface area contributed by atoms with Crippen LogP contribution >= 0.6 is 0 Å². The Labute approximate surface area is 184 Å². The van der Waals surface area contributed by atoms with Gasteiger partial charge in [-0.15, -0.1) is 0 Å². The van der Waals surface area contributed by atoms with Crippen molar-refractivity contribution in [1.29, 1.82) is 0 Å². The lowest BCUT2D eigenvalue weighted by Gasteiger charge is -2.15. The van der Waals surface area contributed by atoms with E-state index in [2.05, 4.69) is 9.47 Å². The molecule has 0 saturated carbocycles. The zero-order valence-electron chi connectivity index (χ0n) is 17.5. The summed E-state index contributed by atoms with van der Waals surface area (Å²) in [5.74, 6) is -4.22. The minimum atomic E-state index is -5.06. The maximum atomic E-state index is 13.7. The van der Waals surface area contributed by atoms with Crippen molar-refractivity contribution < 1.29 is 46.1 Å². The predicted octanol–water partition coefficient (Wildman–Crippen LogP) is 4.33. The van der Waals surface area contributed by atoms with Gasteiger partial charge in [0, 0.05) is 6.07 Å². The summed E-state index contributed by atoms with van der Waals surface area (Å²) in [6, 6.07) is 8.49. The fourth-order valence-corrected chi connectivity index (χ4v) is 2.82. The number of hydrogen-bond donors (Lipinski definition) is 0. The minimum Gasteiger partial charge on any atom is -0.479 e. The van der Waals surface area contributed by atoms with Gasteiger partial charge in [0.05, 0.1) is 25.2 Å². The Bertz CT molecular complexity index is 1250. The standard InChI is InChI=1S/C22H17F3O8/c1-11(20(27)29-2)31-14-8-9-15-16(10-14)33-19(22(23,24)25)18(17(15)26)32-13-6-4-12(5-7-13)21(28)30-3/h4-11H,1-3H3. The van der Waals surface area contributed by atoms with Gasteiger partial charge in [0.1, 0.15) is 17.1 Å². The van der Waals surface area contributed by atoms with Gasteiger partial charge in [-0.05, 0) is 43.3 Å². The first kappa shape index (κ1) is 23.6. The average Bonchev–Trinajstić information content (AvgIpc) is 2.79. The third-order valence-corrected chi connectivity index (χ3v) is 4.42. The van der Waals surface area contributed by atoms with Crippen molar-refractivity contribution in [3.63, 3.8) is 0 Å². The van der Waals surface area contributed by atoms with Crippen molar-refractivity contribution >= 4 is 22.9 Å². The molecule has 0 amide bonds. The van der Waals surface area contributed by atoms with Crippen molar-refractivity contribution in [2.45, 2.75) is 19.2 Å². The maximum absolute atomic E-state index is 13.7. The fraction of sp³-hybridized carbons (Fsp3) is 0.227. The predicted molar refractivity (Wildman–Crippen MR) is 107 cm³/mol. The van der Waals surface area contributed by atoms with Gasteiger partial charge in [-0.25, -0.2) is 9.59 Å². The topological polar surface area (TPSA) is 101 Å². The molecular formula is C22H17F3O8. The lowest BCUT2D eigenvalue weighted by atomic mass is 10.2. The summed E-state index contributed by atoms with van der Waals surface area (Å²) in [4.78, 5) is 35.8. The Morgan fingerprint density at radius 2 is 1.61 bits per heavy atom. The van der Waals surface area contributed by atoms with Crippen LogP contribution in [0.5, 0.6) is 17.2 Å². The van der Waals surface area contributed by atoms with E-state index in [0.717, 1.165) is 13.2 Å². The number of ether oxygens (including phenoxy) is 4. The quantitative estimate of drug-likeness (QED) is 0.495. The molecule has 2 aromatic carbocycles. The van der Waals surface area contributed by atoms with Crippen molar-refractivity contribution in [1.82, 2.24) is 0 Å². The van der Waals surface area contributed by atoms with Crippen LogP contribution in [0.2, 0.25) is 0 Å². The molecule has 0 aliphatic rings. The maximum Gasteiger partial charge on any atom is 0.453 e. The summed E-state index contributed by atoms with van der Waals surface area (Å²) >= 11 is 0. The Hall–Kier alpha value is -4.02. The van der Waals surface area contributed by atoms with Gasteiger partial charge in [0.15, 0.2) is 6.10 Å². The molecule has 0 spiro atoms. The molecule has 0 saturated heterocycles. The molecule has 0 bridgehead atoms. The summed E-state index contributed by atoms with van der Waals surface area (Å²) in [5, 5.41) is -0.206. The summed E-state index contributed by atoms with van der Waals surface area (Å²) in [5.41, 5.74) is -1.36. The first-order valence-corrected chi connectivity index (χ1v) is 9.34. The number of methoxy groups -OCH3 is 2. The second-order valence-electron chi connectivity index (χ2n) is 6.65. The molecule has 1 heterocycles. The second kappa shape index (κ2) is 9.23. The van der Waals surface area contributed by atoms with Crippen molar-refractivity contribution in [3.05, 3.63) is 64.0 Å². The first-order chi connectivity index (χ1) is 15.5. The lowest BCUT2D eigenvalue weighted by molar-refractivity contribution is -0.154. The number of carbonyl (C=O) groups excluding carboxylic acids is 2. The van der Waals surface area contributed by atoms with Gasteiger partial charge < -0.3 is 23.4 Å². The highest BCUT2D eigenvalue weighted by molar-refractivity contribution is 5.89. The van der Waals surface area contributed by atoms with E-state index in [0.29, 0.717) is 0 Å². The van der Waals surface area contributed by atoms with E-state index < -0.39 is 46.7 Å². The van der Waals surface area contributed by atoms with Crippen LogP contribution in [0, 0.1) is 0 Å². The van der Waals surface area contributed by atoms with E-state index in [-0.39, 0.29) is 22.4 Å². The summed E-state index contributed by atoms with van der Waals surface area (Å²) < 4.78 is 65.6. The molecule has 0 fully saturated rings. The Morgan fingerprint density at radius 3 is 2.18 bits per heavy atom. The van der Waals surface area contributed by atoms with Crippen LogP contribution in [-0.4, -0.2) is 32.3 Å². The van der Waals surface area contributed by atoms with Gasteiger partial charge >= 0.3 is 18.1 Å². The monoisotopic (exact) mass is 466 g/mol. The number of esters is 2. The normalized spacial score (nSPS) is 12.2. The van der Waals surface area contributed by atoms with Gasteiger partial charge in [-0.3, -0.25) is 4.79 Å². The van der Waals surface area contributed by atoms with Crippen LogP contribution in [-0.2, 0) is 20.4 Å². The number of hydrogen-bond acceptors (Lipinski definition) is 8.